The van der Waals surface area contributed by atoms with Crippen LogP contribution in [0.2, 0.25) is 39.3 Å². The van der Waals surface area contributed by atoms with Crippen molar-refractivity contribution in [2.45, 2.75) is 39.3 Å². The van der Waals surface area contributed by atoms with Crippen molar-refractivity contribution >= 4 is 124 Å². The molecule has 0 aromatic heterocycles. The summed E-state index contributed by atoms with van der Waals surface area (Å²) in [5.74, 6) is -1.38. The molecule has 0 amide bonds. The normalized spacial score (nSPS) is 13.8. The first-order valence-electron chi connectivity index (χ1n) is 31.2. The molecule has 0 unspecified atom stereocenters. The van der Waals surface area contributed by atoms with E-state index in [1.165, 1.54) is 20.2 Å². The van der Waals surface area contributed by atoms with Crippen molar-refractivity contribution in [1.29, 1.82) is 0 Å². The van der Waals surface area contributed by atoms with Gasteiger partial charge in [-0.3, -0.25) is 0 Å². The molecule has 0 spiro atoms. The largest absolute Gasteiger partial charge is 0.307 e. The van der Waals surface area contributed by atoms with Gasteiger partial charge in [0.25, 0.3) is 0 Å². The second-order valence-electron chi connectivity index (χ2n) is 22.2. The molecule has 12 rings (SSSR count). The van der Waals surface area contributed by atoms with E-state index in [0.29, 0.717) is 54.6 Å². The zero-order valence-corrected chi connectivity index (χ0v) is 50.8. The minimum atomic E-state index is -1.81. The van der Waals surface area contributed by atoms with Gasteiger partial charge < -0.3 is 9.80 Å². The molecule has 0 aliphatic carbocycles. The maximum atomic E-state index is 19.0. The van der Waals surface area contributed by atoms with Crippen LogP contribution in [0.5, 0.6) is 0 Å². The fraction of sp³-hybridized carbons (Fsp3) is 0.0857. The molecule has 0 fully saturated rings. The summed E-state index contributed by atoms with van der Waals surface area (Å²) in [6.07, 6.45) is 0. The van der Waals surface area contributed by atoms with Crippen LogP contribution in [0, 0.1) is 11.6 Å². The maximum absolute atomic E-state index is 19.0. The van der Waals surface area contributed by atoms with E-state index in [1.807, 2.05) is 133 Å². The van der Waals surface area contributed by atoms with E-state index in [1.54, 1.807) is 24.3 Å². The monoisotopic (exact) mass is 1090 g/mol. The average Bonchev–Trinajstić information content (AvgIpc) is 0.745. The lowest BCUT2D eigenvalue weighted by Crippen LogP contribution is -2.37. The van der Waals surface area contributed by atoms with Gasteiger partial charge in [0.05, 0.1) is 52.6 Å². The van der Waals surface area contributed by atoms with Crippen LogP contribution in [-0.4, -0.2) is 36.6 Å². The first-order chi connectivity index (χ1) is 41.8. The first-order valence-corrected chi connectivity index (χ1v) is 35.2. The molecule has 0 aliphatic heterocycles. The summed E-state index contributed by atoms with van der Waals surface area (Å²) in [4.78, 5) is 2.85. The van der Waals surface area contributed by atoms with Crippen molar-refractivity contribution in [2.75, 3.05) is 9.80 Å². The minimum Gasteiger partial charge on any atom is -0.307 e. The van der Waals surface area contributed by atoms with Crippen molar-refractivity contribution in [2.24, 2.45) is 0 Å². The second-order valence-corrected chi connectivity index (χ2v) is 34.7. The Morgan fingerprint density at radius 1 is 0.359 bits per heavy atom. The quantitative estimate of drug-likeness (QED) is 0.0889. The molecule has 12 aromatic carbocycles. The molecule has 0 bridgehead atoms. The van der Waals surface area contributed by atoms with Crippen LogP contribution in [0.25, 0.3) is 76.8 Å². The SMILES string of the molecule is [2H]c1c([2H])c([2H])c(N(c2ccc(-c3ccc([SiH3])cc3)c(-c3ccc([SiH3])cc3)c2F)c2ccc3ccc4c(N(c5ccc(-c6ccc([Si](C)(C)C)cc6)c(-c6ccc([Si](C)(C)C)cc6)c5F)c5c([2H])c([2H])c([2H])c([2H])c5[2H])ccc5ccc2c3c54)c([2H])c1[2H]. The van der Waals surface area contributed by atoms with Gasteiger partial charge in [0.1, 0.15) is 0 Å². The van der Waals surface area contributed by atoms with Crippen LogP contribution in [-0.2, 0) is 0 Å². The highest BCUT2D eigenvalue weighted by Gasteiger charge is 2.29. The Morgan fingerprint density at radius 3 is 1.05 bits per heavy atom. The van der Waals surface area contributed by atoms with Crippen LogP contribution >= 0.6 is 0 Å². The van der Waals surface area contributed by atoms with Gasteiger partial charge in [-0.1, -0.05) is 242 Å². The van der Waals surface area contributed by atoms with Crippen molar-refractivity contribution < 1.29 is 22.5 Å². The Kier molecular flexibility index (Phi) is 10.4. The van der Waals surface area contributed by atoms with Crippen LogP contribution in [0.15, 0.2) is 230 Å². The van der Waals surface area contributed by atoms with E-state index >= 15 is 8.78 Å². The smallest absolute Gasteiger partial charge is 0.155 e. The zero-order chi connectivity index (χ0) is 62.7. The lowest BCUT2D eigenvalue weighted by Gasteiger charge is -2.30. The van der Waals surface area contributed by atoms with Gasteiger partial charge in [0.15, 0.2) is 11.6 Å². The molecule has 0 atom stereocenters. The Morgan fingerprint density at radius 2 is 0.679 bits per heavy atom. The highest BCUT2D eigenvalue weighted by molar-refractivity contribution is 6.89. The molecular formula is C70H62F2N2Si4. The van der Waals surface area contributed by atoms with Gasteiger partial charge in [0.2, 0.25) is 0 Å². The Balaban J connectivity index is 1.15. The van der Waals surface area contributed by atoms with E-state index < -0.39 is 88.2 Å². The molecule has 12 aromatic rings. The summed E-state index contributed by atoms with van der Waals surface area (Å²) in [6.45, 7) is 13.5. The number of halogens is 2. The van der Waals surface area contributed by atoms with Gasteiger partial charge in [-0.15, -0.1) is 0 Å². The van der Waals surface area contributed by atoms with Crippen molar-refractivity contribution in [3.8, 4) is 44.5 Å². The average molecular weight is 1090 g/mol. The number of hydrogen-bond donors (Lipinski definition) is 0. The predicted molar refractivity (Wildman–Crippen MR) is 346 cm³/mol. The molecule has 78 heavy (non-hydrogen) atoms. The molecule has 8 heteroatoms. The topological polar surface area (TPSA) is 6.48 Å². The van der Waals surface area contributed by atoms with Crippen molar-refractivity contribution in [3.63, 3.8) is 0 Å². The molecule has 0 saturated heterocycles. The summed E-state index contributed by atoms with van der Waals surface area (Å²) < 4.78 is 129. The third-order valence-corrected chi connectivity index (χ3v) is 20.5. The fourth-order valence-electron chi connectivity index (χ4n) is 10.9. The molecule has 0 heterocycles. The van der Waals surface area contributed by atoms with Crippen LogP contribution in [0.1, 0.15) is 13.7 Å². The molecule has 2 nitrogen and oxygen atoms in total. The lowest BCUT2D eigenvalue weighted by molar-refractivity contribution is 0.632. The fourth-order valence-corrected chi connectivity index (χ4v) is 13.9. The Labute approximate surface area is 479 Å². The van der Waals surface area contributed by atoms with E-state index in [2.05, 4.69) is 51.4 Å². The molecular weight excluding hydrogens is 1020 g/mol. The lowest BCUT2D eigenvalue weighted by atomic mass is 9.90. The van der Waals surface area contributed by atoms with Crippen LogP contribution < -0.4 is 30.5 Å². The summed E-state index contributed by atoms with van der Waals surface area (Å²) in [6, 6.07) is 47.5. The number of rotatable bonds is 12. The molecule has 0 saturated carbocycles. The van der Waals surface area contributed by atoms with E-state index in [9.17, 15) is 5.48 Å². The van der Waals surface area contributed by atoms with E-state index in [0.717, 1.165) is 42.0 Å². The summed E-state index contributed by atoms with van der Waals surface area (Å²) in [7, 11) is -1.96. The second kappa shape index (κ2) is 20.1. The molecule has 0 radical (unpaired) electrons. The number of para-hydroxylation sites is 2. The minimum absolute atomic E-state index is 0.0771. The third kappa shape index (κ3) is 9.22. The highest BCUT2D eigenvalue weighted by Crippen LogP contribution is 2.51. The van der Waals surface area contributed by atoms with Crippen molar-refractivity contribution in [3.05, 3.63) is 242 Å². The van der Waals surface area contributed by atoms with Gasteiger partial charge >= 0.3 is 0 Å². The molecule has 382 valence electrons. The molecule has 0 N–H and O–H groups in total. The zero-order valence-electron chi connectivity index (χ0n) is 54.8. The Hall–Kier alpha value is -7.99. The summed E-state index contributed by atoms with van der Waals surface area (Å²) >= 11 is 0. The molecule has 0 aliphatic rings. The summed E-state index contributed by atoms with van der Waals surface area (Å²) in [5, 5.41) is 8.35. The van der Waals surface area contributed by atoms with Crippen LogP contribution in [0.3, 0.4) is 0 Å². The van der Waals surface area contributed by atoms with Gasteiger partial charge in [-0.2, -0.15) is 0 Å². The van der Waals surface area contributed by atoms with Gasteiger partial charge in [-0.25, -0.2) is 8.78 Å². The van der Waals surface area contributed by atoms with Crippen LogP contribution in [0.4, 0.5) is 42.9 Å². The van der Waals surface area contributed by atoms with Gasteiger partial charge in [0, 0.05) is 53.8 Å². The van der Waals surface area contributed by atoms with E-state index in [4.69, 9.17) is 8.22 Å². The van der Waals surface area contributed by atoms with E-state index in [-0.39, 0.29) is 45.3 Å². The van der Waals surface area contributed by atoms with Crippen molar-refractivity contribution in [1.82, 2.24) is 0 Å². The third-order valence-electron chi connectivity index (χ3n) is 15.1. The standard InChI is InChI=1S/C70H62F2N2Si4/c1-77(2,3)55-33-21-46(22-34-55)58-40-44-64(70(72)68(58)50-23-35-56(36-24-50)78(4,5)6)74(52-15-11-8-12-16-52)62-42-28-48-25-37-59-61(41-27-47-26-38-60(62)66(48)65(47)59)73(51-13-9-7-10-14-51)63-43-39-57(45-17-29-53(75)30-18-45)67(69(63)71)49-19-31-54(76)32-20-49/h7-44H,1-6,75-76H3/i7D,8D,9D,10D,11D,12D,13D,14D,15D,16D. The maximum Gasteiger partial charge on any atom is 0.155 e. The van der Waals surface area contributed by atoms with Gasteiger partial charge in [-0.05, 0) is 103 Å². The highest BCUT2D eigenvalue weighted by atomic mass is 28.3. The summed E-state index contributed by atoms with van der Waals surface area (Å²) in [5.41, 5.74) is 4.32. The predicted octanol–water partition coefficient (Wildman–Crippen LogP) is 15.5. The number of anilines is 6. The number of nitrogens with zero attached hydrogens (tertiary/aromatic N) is 2. The Bertz CT molecular complexity index is 4750. The number of hydrogen-bond acceptors (Lipinski definition) is 2. The first kappa shape index (κ1) is 40.3. The number of benzene rings is 12.